The summed E-state index contributed by atoms with van der Waals surface area (Å²) in [6.45, 7) is 1.38. The molecular formula is C22H18F3N3O5S3. The first kappa shape index (κ1) is 27.2. The molecule has 0 fully saturated rings. The van der Waals surface area contributed by atoms with Crippen molar-refractivity contribution in [3.05, 3.63) is 58.5 Å². The normalized spacial score (nSPS) is 11.8. The number of amidine groups is 1. The van der Waals surface area contributed by atoms with Crippen molar-refractivity contribution in [2.45, 2.75) is 27.1 Å². The lowest BCUT2D eigenvalue weighted by Gasteiger charge is -2.15. The molecule has 36 heavy (non-hydrogen) atoms. The molecule has 2 aromatic carbocycles. The van der Waals surface area contributed by atoms with Crippen LogP contribution >= 0.6 is 23.1 Å². The number of rotatable bonds is 7. The van der Waals surface area contributed by atoms with Crippen molar-refractivity contribution in [2.24, 2.45) is 11.5 Å². The van der Waals surface area contributed by atoms with Gasteiger partial charge in [0.15, 0.2) is 0 Å². The number of carbonyl (C=O) groups is 2. The van der Waals surface area contributed by atoms with E-state index in [1.165, 1.54) is 55.1 Å². The topological polar surface area (TPSA) is 153 Å². The number of ether oxygens (including phenoxy) is 1. The zero-order valence-electron chi connectivity index (χ0n) is 18.6. The standard InChI is InChI=1S/C22H18F3N3O5S3/c1-10-13(6-7-14(17(10)19(28)29)33-21(30)22(23,24)25)11-4-3-5-12(8-11)36(31,32)16-9-15(18(26)27)35-20(16)34-2/h3-9H,1-2H3,(H3,26,27)(H2,28,29). The summed E-state index contributed by atoms with van der Waals surface area (Å²) in [5, 5.41) is 7.60. The molecule has 0 aliphatic heterocycles. The lowest BCUT2D eigenvalue weighted by Crippen LogP contribution is -2.29. The summed E-state index contributed by atoms with van der Waals surface area (Å²) in [7, 11) is -4.05. The van der Waals surface area contributed by atoms with Crippen LogP contribution in [0.4, 0.5) is 13.2 Å². The Morgan fingerprint density at radius 1 is 1.11 bits per heavy atom. The fourth-order valence-corrected chi connectivity index (χ4v) is 7.23. The zero-order valence-corrected chi connectivity index (χ0v) is 21.0. The van der Waals surface area contributed by atoms with Crippen LogP contribution in [0.2, 0.25) is 0 Å². The number of nitrogens with two attached hydrogens (primary N) is 2. The molecule has 0 bridgehead atoms. The van der Waals surface area contributed by atoms with Gasteiger partial charge in [0.2, 0.25) is 9.84 Å². The van der Waals surface area contributed by atoms with E-state index in [1.54, 1.807) is 6.26 Å². The molecule has 190 valence electrons. The highest BCUT2D eigenvalue weighted by Gasteiger charge is 2.42. The van der Waals surface area contributed by atoms with Crippen molar-refractivity contribution < 1.29 is 35.9 Å². The van der Waals surface area contributed by atoms with Gasteiger partial charge in [-0.25, -0.2) is 13.2 Å². The number of alkyl halides is 3. The summed E-state index contributed by atoms with van der Waals surface area (Å²) >= 11 is 2.25. The maximum atomic E-state index is 13.4. The quantitative estimate of drug-likeness (QED) is 0.130. The van der Waals surface area contributed by atoms with E-state index in [4.69, 9.17) is 16.9 Å². The van der Waals surface area contributed by atoms with Crippen LogP contribution in [-0.2, 0) is 14.6 Å². The van der Waals surface area contributed by atoms with E-state index >= 15 is 0 Å². The Labute approximate surface area is 211 Å². The monoisotopic (exact) mass is 557 g/mol. The lowest BCUT2D eigenvalue weighted by molar-refractivity contribution is -0.189. The summed E-state index contributed by atoms with van der Waals surface area (Å²) < 4.78 is 69.5. The summed E-state index contributed by atoms with van der Waals surface area (Å²) in [5.41, 5.74) is 11.1. The van der Waals surface area contributed by atoms with E-state index in [0.717, 1.165) is 17.4 Å². The van der Waals surface area contributed by atoms with E-state index < -0.39 is 39.2 Å². The van der Waals surface area contributed by atoms with Gasteiger partial charge in [0.1, 0.15) is 11.6 Å². The Bertz CT molecular complexity index is 1500. The number of amides is 1. The highest BCUT2D eigenvalue weighted by atomic mass is 32.2. The minimum absolute atomic E-state index is 0.0219. The molecule has 5 N–H and O–H groups in total. The van der Waals surface area contributed by atoms with Crippen LogP contribution in [0.25, 0.3) is 11.1 Å². The van der Waals surface area contributed by atoms with Gasteiger partial charge < -0.3 is 16.2 Å². The van der Waals surface area contributed by atoms with Gasteiger partial charge in [-0.05, 0) is 54.1 Å². The van der Waals surface area contributed by atoms with Gasteiger partial charge in [0.05, 0.1) is 24.4 Å². The number of benzene rings is 2. The molecule has 0 aliphatic rings. The zero-order chi connectivity index (χ0) is 27.0. The van der Waals surface area contributed by atoms with Crippen molar-refractivity contribution in [3.8, 4) is 16.9 Å². The first-order valence-electron chi connectivity index (χ1n) is 9.78. The first-order chi connectivity index (χ1) is 16.7. The maximum Gasteiger partial charge on any atom is 0.491 e. The minimum Gasteiger partial charge on any atom is -0.419 e. The molecule has 0 spiro atoms. The molecule has 0 atom stereocenters. The van der Waals surface area contributed by atoms with Crippen molar-refractivity contribution in [1.82, 2.24) is 0 Å². The van der Waals surface area contributed by atoms with Crippen molar-refractivity contribution in [1.29, 1.82) is 5.41 Å². The number of thioether (sulfide) groups is 1. The largest absolute Gasteiger partial charge is 0.491 e. The highest BCUT2D eigenvalue weighted by molar-refractivity contribution is 8.01. The molecule has 0 saturated heterocycles. The lowest BCUT2D eigenvalue weighted by atomic mass is 9.95. The van der Waals surface area contributed by atoms with Crippen LogP contribution in [0, 0.1) is 12.3 Å². The average Bonchev–Trinajstić information content (AvgIpc) is 3.24. The number of hydrogen-bond acceptors (Lipinski definition) is 8. The predicted molar refractivity (Wildman–Crippen MR) is 129 cm³/mol. The molecule has 1 heterocycles. The smallest absolute Gasteiger partial charge is 0.419 e. The van der Waals surface area contributed by atoms with E-state index in [9.17, 15) is 31.2 Å². The Balaban J connectivity index is 2.12. The molecule has 0 saturated carbocycles. The van der Waals surface area contributed by atoms with Gasteiger partial charge in [-0.3, -0.25) is 10.2 Å². The van der Waals surface area contributed by atoms with Gasteiger partial charge in [-0.2, -0.15) is 13.2 Å². The van der Waals surface area contributed by atoms with Crippen molar-refractivity contribution >= 4 is 50.6 Å². The minimum atomic E-state index is -5.29. The summed E-state index contributed by atoms with van der Waals surface area (Å²) in [5.74, 6) is -4.60. The third-order valence-corrected chi connectivity index (χ3v) is 9.31. The Morgan fingerprint density at radius 2 is 1.78 bits per heavy atom. The first-order valence-corrected chi connectivity index (χ1v) is 13.3. The van der Waals surface area contributed by atoms with Crippen LogP contribution in [0.5, 0.6) is 5.75 Å². The number of nitrogens with one attached hydrogen (secondary N) is 1. The number of halogens is 3. The van der Waals surface area contributed by atoms with E-state index in [1.807, 2.05) is 0 Å². The van der Waals surface area contributed by atoms with Gasteiger partial charge in [-0.15, -0.1) is 23.1 Å². The van der Waals surface area contributed by atoms with Crippen LogP contribution in [0.1, 0.15) is 20.8 Å². The number of hydrogen-bond donors (Lipinski definition) is 3. The molecule has 1 aromatic heterocycles. The molecule has 0 aliphatic carbocycles. The van der Waals surface area contributed by atoms with E-state index in [-0.39, 0.29) is 26.8 Å². The fourth-order valence-electron chi connectivity index (χ4n) is 3.33. The van der Waals surface area contributed by atoms with Crippen molar-refractivity contribution in [2.75, 3.05) is 6.26 Å². The molecule has 1 amide bonds. The van der Waals surface area contributed by atoms with Crippen LogP contribution in [-0.4, -0.2) is 38.6 Å². The Hall–Kier alpha value is -3.36. The average molecular weight is 558 g/mol. The van der Waals surface area contributed by atoms with Gasteiger partial charge in [0.25, 0.3) is 5.91 Å². The second kappa shape index (κ2) is 9.95. The number of carbonyl (C=O) groups excluding carboxylic acids is 2. The number of sulfone groups is 1. The van der Waals surface area contributed by atoms with Crippen LogP contribution in [0.15, 0.2) is 56.5 Å². The predicted octanol–water partition coefficient (Wildman–Crippen LogP) is 4.13. The SMILES string of the molecule is CSc1sc(C(=N)N)cc1S(=O)(=O)c1cccc(-c2ccc(OC(=O)C(F)(F)F)c(C(N)=O)c2C)c1. The Kier molecular flexibility index (Phi) is 7.53. The molecule has 0 unspecified atom stereocenters. The van der Waals surface area contributed by atoms with Crippen LogP contribution in [0.3, 0.4) is 0 Å². The number of thiophene rings is 1. The molecule has 8 nitrogen and oxygen atoms in total. The molecule has 14 heteroatoms. The van der Waals surface area contributed by atoms with Gasteiger partial charge >= 0.3 is 12.1 Å². The second-order valence-electron chi connectivity index (χ2n) is 7.27. The fraction of sp³-hybridized carbons (Fsp3) is 0.136. The molecular weight excluding hydrogens is 539 g/mol. The van der Waals surface area contributed by atoms with Gasteiger partial charge in [-0.1, -0.05) is 18.2 Å². The van der Waals surface area contributed by atoms with Gasteiger partial charge in [0, 0.05) is 0 Å². The number of esters is 1. The molecule has 0 radical (unpaired) electrons. The molecule has 3 aromatic rings. The number of nitrogen functional groups attached to an aromatic ring is 1. The Morgan fingerprint density at radius 3 is 2.33 bits per heavy atom. The second-order valence-corrected chi connectivity index (χ2v) is 11.3. The summed E-state index contributed by atoms with van der Waals surface area (Å²) in [6.07, 6.45) is -3.60. The van der Waals surface area contributed by atoms with E-state index in [2.05, 4.69) is 4.74 Å². The van der Waals surface area contributed by atoms with Crippen molar-refractivity contribution in [3.63, 3.8) is 0 Å². The van der Waals surface area contributed by atoms with E-state index in [0.29, 0.717) is 14.6 Å². The third-order valence-electron chi connectivity index (χ3n) is 4.97. The maximum absolute atomic E-state index is 13.4. The molecule has 3 rings (SSSR count). The summed E-state index contributed by atoms with van der Waals surface area (Å²) in [6, 6.07) is 9.28. The van der Waals surface area contributed by atoms with Crippen LogP contribution < -0.4 is 16.2 Å². The summed E-state index contributed by atoms with van der Waals surface area (Å²) in [4.78, 5) is 23.5. The third kappa shape index (κ3) is 5.24. The highest BCUT2D eigenvalue weighted by Crippen LogP contribution is 2.38. The number of primary amides is 1.